The number of hydrogen-bond acceptors (Lipinski definition) is 2. The molecule has 4 aromatic rings. The third kappa shape index (κ3) is 2.29. The molecule has 1 aromatic heterocycles. The predicted octanol–water partition coefficient (Wildman–Crippen LogP) is 5.83. The molecule has 0 aliphatic carbocycles. The number of aryl methyl sites for hydroxylation is 1. The molecule has 0 aliphatic rings. The minimum atomic E-state index is -0.294. The molecular formula is C21H17O2S+. The van der Waals surface area contributed by atoms with Crippen LogP contribution in [0.15, 0.2) is 66.7 Å². The van der Waals surface area contributed by atoms with E-state index in [1.165, 1.54) is 32.4 Å². The van der Waals surface area contributed by atoms with E-state index in [9.17, 15) is 4.79 Å². The van der Waals surface area contributed by atoms with Crippen LogP contribution in [0.1, 0.15) is 15.9 Å². The molecule has 1 atom stereocenters. The summed E-state index contributed by atoms with van der Waals surface area (Å²) in [5.74, 6) is -0.294. The highest BCUT2D eigenvalue weighted by atomic mass is 32.2. The first-order valence-electron chi connectivity index (χ1n) is 7.82. The predicted molar refractivity (Wildman–Crippen MR) is 101 cm³/mol. The number of ether oxygens (including phenoxy) is 1. The molecule has 4 rings (SSSR count). The zero-order chi connectivity index (χ0) is 16.7. The Morgan fingerprint density at radius 2 is 1.58 bits per heavy atom. The molecule has 1 unspecified atom stereocenters. The number of carbonyl (C=O) groups excluding carboxylic acids is 1. The van der Waals surface area contributed by atoms with Crippen molar-refractivity contribution in [1.82, 2.24) is 0 Å². The molecule has 0 bridgehead atoms. The number of methoxy groups -OCH3 is 1. The third-order valence-electron chi connectivity index (χ3n) is 4.27. The number of esters is 1. The van der Waals surface area contributed by atoms with Gasteiger partial charge in [-0.2, -0.15) is 0 Å². The van der Waals surface area contributed by atoms with Crippen molar-refractivity contribution in [3.63, 3.8) is 0 Å². The van der Waals surface area contributed by atoms with Crippen molar-refractivity contribution in [2.45, 2.75) is 6.92 Å². The van der Waals surface area contributed by atoms with Gasteiger partial charge in [0.1, 0.15) is 0 Å². The normalized spacial score (nSPS) is 11.8. The fourth-order valence-electron chi connectivity index (χ4n) is 3.08. The molecule has 0 aliphatic heterocycles. The molecular weight excluding hydrogens is 316 g/mol. The van der Waals surface area contributed by atoms with Gasteiger partial charge < -0.3 is 4.74 Å². The van der Waals surface area contributed by atoms with Gasteiger partial charge in [-0.05, 0) is 49.4 Å². The Labute approximate surface area is 143 Å². The fourth-order valence-corrected chi connectivity index (χ4v) is 5.44. The minimum Gasteiger partial charge on any atom is -0.465 e. The van der Waals surface area contributed by atoms with Gasteiger partial charge in [0.2, 0.25) is 0 Å². The van der Waals surface area contributed by atoms with Gasteiger partial charge in [-0.1, -0.05) is 29.8 Å². The molecule has 3 heteroatoms. The zero-order valence-electron chi connectivity index (χ0n) is 13.6. The van der Waals surface area contributed by atoms with Crippen LogP contribution in [-0.4, -0.2) is 13.1 Å². The average Bonchev–Trinajstić information content (AvgIpc) is 2.95. The highest BCUT2D eigenvalue weighted by Gasteiger charge is 2.24. The van der Waals surface area contributed by atoms with Crippen molar-refractivity contribution in [1.29, 1.82) is 0 Å². The largest absolute Gasteiger partial charge is 0.465 e. The Morgan fingerprint density at radius 1 is 0.875 bits per heavy atom. The summed E-state index contributed by atoms with van der Waals surface area (Å²) in [7, 11) is 1.29. The first kappa shape index (κ1) is 14.9. The standard InChI is InChI=1S/C21H17O2S/c1-14-7-10-16(11-8-14)24-19-6-4-3-5-17(19)18-13-15(21(22)23-2)9-12-20(18)24/h3-13H,1-2H3/q+1. The molecule has 1 heterocycles. The summed E-state index contributed by atoms with van der Waals surface area (Å²) in [5, 5.41) is 2.35. The van der Waals surface area contributed by atoms with Gasteiger partial charge >= 0.3 is 5.97 Å². The molecule has 24 heavy (non-hydrogen) atoms. The van der Waals surface area contributed by atoms with Crippen LogP contribution >= 0.6 is 10.5 Å². The Morgan fingerprint density at radius 3 is 2.33 bits per heavy atom. The third-order valence-corrected chi connectivity index (χ3v) is 6.61. The van der Waals surface area contributed by atoms with Crippen molar-refractivity contribution in [2.75, 3.05) is 7.11 Å². The molecule has 0 amide bonds. The number of hydrogen-bond donors (Lipinski definition) is 0. The summed E-state index contributed by atoms with van der Waals surface area (Å²) in [6.45, 7) is 2.10. The molecule has 0 fully saturated rings. The van der Waals surface area contributed by atoms with Crippen molar-refractivity contribution >= 4 is 36.6 Å². The van der Waals surface area contributed by atoms with Crippen LogP contribution in [0.25, 0.3) is 25.1 Å². The Kier molecular flexibility index (Phi) is 3.58. The Balaban J connectivity index is 2.08. The Hall–Kier alpha value is -2.65. The van der Waals surface area contributed by atoms with E-state index in [-0.39, 0.29) is 16.4 Å². The maximum Gasteiger partial charge on any atom is 0.337 e. The van der Waals surface area contributed by atoms with E-state index >= 15 is 0 Å². The van der Waals surface area contributed by atoms with Crippen molar-refractivity contribution in [3.05, 3.63) is 77.9 Å². The van der Waals surface area contributed by atoms with Crippen LogP contribution in [0.3, 0.4) is 0 Å². The van der Waals surface area contributed by atoms with E-state index in [1.54, 1.807) is 0 Å². The number of carbonyl (C=O) groups is 1. The highest BCUT2D eigenvalue weighted by molar-refractivity contribution is 7.50. The molecule has 2 nitrogen and oxygen atoms in total. The van der Waals surface area contributed by atoms with Gasteiger partial charge in [0, 0.05) is 21.2 Å². The van der Waals surface area contributed by atoms with Crippen LogP contribution in [-0.2, 0) is 4.74 Å². The molecule has 118 valence electrons. The number of fused-ring (bicyclic) bond motifs is 3. The topological polar surface area (TPSA) is 26.3 Å². The second kappa shape index (κ2) is 5.77. The van der Waals surface area contributed by atoms with E-state index in [0.717, 1.165) is 5.39 Å². The lowest BCUT2D eigenvalue weighted by Crippen LogP contribution is -2.00. The second-order valence-corrected chi connectivity index (χ2v) is 7.78. The summed E-state index contributed by atoms with van der Waals surface area (Å²) in [4.78, 5) is 13.2. The number of rotatable bonds is 2. The van der Waals surface area contributed by atoms with Crippen LogP contribution in [0, 0.1) is 6.92 Å². The van der Waals surface area contributed by atoms with Crippen LogP contribution < -0.4 is 0 Å². The van der Waals surface area contributed by atoms with Crippen LogP contribution in [0.2, 0.25) is 0 Å². The van der Waals surface area contributed by atoms with E-state index in [0.29, 0.717) is 5.56 Å². The lowest BCUT2D eigenvalue weighted by molar-refractivity contribution is 0.0601. The molecule has 0 radical (unpaired) electrons. The second-order valence-electron chi connectivity index (χ2n) is 5.82. The lowest BCUT2D eigenvalue weighted by atomic mass is 10.1. The van der Waals surface area contributed by atoms with Gasteiger partial charge in [-0.25, -0.2) is 4.79 Å². The zero-order valence-corrected chi connectivity index (χ0v) is 14.4. The van der Waals surface area contributed by atoms with E-state index < -0.39 is 0 Å². The van der Waals surface area contributed by atoms with Crippen molar-refractivity contribution in [2.24, 2.45) is 0 Å². The maximum atomic E-state index is 11.9. The number of benzene rings is 3. The quantitative estimate of drug-likeness (QED) is 0.341. The van der Waals surface area contributed by atoms with E-state index in [4.69, 9.17) is 4.74 Å². The SMILES string of the molecule is COC(=O)c1ccc2c(c1)c1ccccc1[s+]2-c1ccc(C)cc1. The lowest BCUT2D eigenvalue weighted by Gasteiger charge is -1.98. The fraction of sp³-hybridized carbons (Fsp3) is 0.0952. The van der Waals surface area contributed by atoms with Crippen molar-refractivity contribution < 1.29 is 9.53 Å². The first-order chi connectivity index (χ1) is 11.7. The minimum absolute atomic E-state index is 0.124. The Bertz CT molecular complexity index is 1060. The van der Waals surface area contributed by atoms with E-state index in [1.807, 2.05) is 12.1 Å². The maximum absolute atomic E-state index is 11.9. The molecule has 0 saturated carbocycles. The highest BCUT2D eigenvalue weighted by Crippen LogP contribution is 2.48. The van der Waals surface area contributed by atoms with Gasteiger partial charge in [-0.3, -0.25) is 0 Å². The summed E-state index contributed by atoms with van der Waals surface area (Å²) < 4.78 is 7.46. The van der Waals surface area contributed by atoms with Crippen molar-refractivity contribution in [3.8, 4) is 4.90 Å². The molecule has 0 saturated heterocycles. The number of thiophene rings is 1. The molecule has 0 spiro atoms. The van der Waals surface area contributed by atoms with Gasteiger partial charge in [0.05, 0.1) is 12.7 Å². The summed E-state index contributed by atoms with van der Waals surface area (Å²) >= 11 is 0. The summed E-state index contributed by atoms with van der Waals surface area (Å²) in [6, 6.07) is 23.1. The van der Waals surface area contributed by atoms with Crippen LogP contribution in [0.4, 0.5) is 0 Å². The van der Waals surface area contributed by atoms with Crippen LogP contribution in [0.5, 0.6) is 0 Å². The average molecular weight is 333 g/mol. The van der Waals surface area contributed by atoms with Gasteiger partial charge in [0.25, 0.3) is 0 Å². The summed E-state index contributed by atoms with van der Waals surface area (Å²) in [5.41, 5.74) is 1.86. The molecule has 0 N–H and O–H groups in total. The smallest absolute Gasteiger partial charge is 0.337 e. The monoisotopic (exact) mass is 333 g/mol. The van der Waals surface area contributed by atoms with E-state index in [2.05, 4.69) is 61.5 Å². The van der Waals surface area contributed by atoms with Gasteiger partial charge in [0.15, 0.2) is 14.3 Å². The molecule has 3 aromatic carbocycles. The van der Waals surface area contributed by atoms with Gasteiger partial charge in [-0.15, -0.1) is 0 Å². The first-order valence-corrected chi connectivity index (χ1v) is 9.04. The summed E-state index contributed by atoms with van der Waals surface area (Å²) in [6.07, 6.45) is 0.